The van der Waals surface area contributed by atoms with E-state index < -0.39 is 17.4 Å². The zero-order valence-electron chi connectivity index (χ0n) is 12.5. The average Bonchev–Trinajstić information content (AvgIpc) is 2.92. The first-order chi connectivity index (χ1) is 10.6. The number of aliphatic hydroxyl groups is 1. The van der Waals surface area contributed by atoms with E-state index >= 15 is 0 Å². The highest BCUT2D eigenvalue weighted by molar-refractivity contribution is 5.74. The quantitative estimate of drug-likeness (QED) is 0.754. The van der Waals surface area contributed by atoms with Crippen molar-refractivity contribution < 1.29 is 9.84 Å². The number of aliphatic hydroxyl groups excluding tert-OH is 1. The van der Waals surface area contributed by atoms with E-state index in [0.717, 1.165) is 16.6 Å². The van der Waals surface area contributed by atoms with Crippen LogP contribution in [0.3, 0.4) is 0 Å². The highest BCUT2D eigenvalue weighted by Crippen LogP contribution is 2.59. The lowest BCUT2D eigenvalue weighted by Gasteiger charge is -2.22. The highest BCUT2D eigenvalue weighted by Gasteiger charge is 2.71. The van der Waals surface area contributed by atoms with Crippen LogP contribution in [0, 0.1) is 0 Å². The van der Waals surface area contributed by atoms with Crippen molar-refractivity contribution >= 4 is 11.0 Å². The van der Waals surface area contributed by atoms with Crippen LogP contribution in [0.1, 0.15) is 25.5 Å². The minimum atomic E-state index is -0.940. The predicted molar refractivity (Wildman–Crippen MR) is 82.1 cm³/mol. The third kappa shape index (κ3) is 1.66. The molecular weight excluding hydrogens is 278 g/mol. The Bertz CT molecular complexity index is 828. The van der Waals surface area contributed by atoms with Gasteiger partial charge in [0, 0.05) is 0 Å². The second-order valence-corrected chi connectivity index (χ2v) is 6.11. The molecule has 5 nitrogen and oxygen atoms in total. The van der Waals surface area contributed by atoms with Crippen molar-refractivity contribution in [1.29, 1.82) is 0 Å². The summed E-state index contributed by atoms with van der Waals surface area (Å²) in [5.74, 6) is 0. The summed E-state index contributed by atoms with van der Waals surface area (Å²) in [7, 11) is 0. The molecule has 2 unspecified atom stereocenters. The van der Waals surface area contributed by atoms with E-state index in [-0.39, 0.29) is 0 Å². The van der Waals surface area contributed by atoms with E-state index in [2.05, 4.69) is 10.3 Å². The van der Waals surface area contributed by atoms with Crippen LogP contribution in [0.5, 0.6) is 0 Å². The molecule has 112 valence electrons. The fraction of sp³-hybridized carbons (Fsp3) is 0.294. The van der Waals surface area contributed by atoms with Crippen LogP contribution in [0.25, 0.3) is 11.0 Å². The van der Waals surface area contributed by atoms with E-state index in [4.69, 9.17) is 4.74 Å². The normalized spacial score (nSPS) is 24.3. The van der Waals surface area contributed by atoms with Gasteiger partial charge in [0.2, 0.25) is 5.72 Å². The van der Waals surface area contributed by atoms with Gasteiger partial charge in [-0.1, -0.05) is 47.7 Å². The second kappa shape index (κ2) is 4.38. The summed E-state index contributed by atoms with van der Waals surface area (Å²) in [6.07, 6.45) is -0.825. The van der Waals surface area contributed by atoms with Crippen LogP contribution >= 0.6 is 0 Å². The maximum Gasteiger partial charge on any atom is 0.222 e. The van der Waals surface area contributed by atoms with Crippen molar-refractivity contribution in [2.45, 2.75) is 31.3 Å². The van der Waals surface area contributed by atoms with Crippen molar-refractivity contribution in [3.63, 3.8) is 0 Å². The van der Waals surface area contributed by atoms with E-state index in [9.17, 15) is 5.11 Å². The number of aromatic nitrogens is 3. The summed E-state index contributed by atoms with van der Waals surface area (Å²) in [4.78, 5) is 0. The molecular formula is C17H17N3O2. The molecule has 0 spiro atoms. The number of benzene rings is 2. The van der Waals surface area contributed by atoms with Crippen LogP contribution in [-0.2, 0) is 10.5 Å². The van der Waals surface area contributed by atoms with Crippen molar-refractivity contribution in [2.75, 3.05) is 0 Å². The standard InChI is InChI=1S/C17H17N3O2/c1-16(2)17(22-16,15(21)12-8-4-3-5-9-12)20-14-11-7-6-10-13(14)18-19-20/h3-11,15,21H,1-2H3. The molecule has 5 heteroatoms. The van der Waals surface area contributed by atoms with Crippen LogP contribution in [0.4, 0.5) is 0 Å². The summed E-state index contributed by atoms with van der Waals surface area (Å²) in [5.41, 5.74) is 0.965. The SMILES string of the molecule is CC1(C)OC1(C(O)c1ccccc1)n1nnc2ccccc21. The number of ether oxygens (including phenoxy) is 1. The topological polar surface area (TPSA) is 63.5 Å². The van der Waals surface area contributed by atoms with Gasteiger partial charge in [0.05, 0.1) is 5.52 Å². The Morgan fingerprint density at radius 1 is 1.05 bits per heavy atom. The van der Waals surface area contributed by atoms with Crippen LogP contribution in [0.15, 0.2) is 54.6 Å². The first-order valence-corrected chi connectivity index (χ1v) is 7.30. The van der Waals surface area contributed by atoms with Gasteiger partial charge in [-0.2, -0.15) is 0 Å². The molecule has 0 radical (unpaired) electrons. The van der Waals surface area contributed by atoms with E-state index in [1.807, 2.05) is 68.4 Å². The van der Waals surface area contributed by atoms with Gasteiger partial charge in [0.15, 0.2) is 0 Å². The zero-order valence-corrected chi connectivity index (χ0v) is 12.5. The largest absolute Gasteiger partial charge is 0.383 e. The molecule has 1 fully saturated rings. The Balaban J connectivity index is 1.89. The van der Waals surface area contributed by atoms with Crippen LogP contribution in [-0.4, -0.2) is 25.7 Å². The molecule has 1 aliphatic rings. The molecule has 1 aromatic heterocycles. The fourth-order valence-electron chi connectivity index (χ4n) is 3.14. The van der Waals surface area contributed by atoms with E-state index in [1.165, 1.54) is 0 Å². The fourth-order valence-corrected chi connectivity index (χ4v) is 3.14. The lowest BCUT2D eigenvalue weighted by Crippen LogP contribution is -2.34. The number of nitrogens with zero attached hydrogens (tertiary/aromatic N) is 3. The molecule has 1 aliphatic heterocycles. The molecule has 3 aromatic rings. The second-order valence-electron chi connectivity index (χ2n) is 6.11. The molecule has 2 heterocycles. The maximum absolute atomic E-state index is 11.0. The van der Waals surface area contributed by atoms with Gasteiger partial charge < -0.3 is 9.84 Å². The number of fused-ring (bicyclic) bond motifs is 1. The number of rotatable bonds is 3. The smallest absolute Gasteiger partial charge is 0.222 e. The number of hydrogen-bond acceptors (Lipinski definition) is 4. The first kappa shape index (κ1) is 13.4. The van der Waals surface area contributed by atoms with Crippen molar-refractivity contribution in [3.8, 4) is 0 Å². The number of epoxide rings is 1. The Kier molecular flexibility index (Phi) is 2.67. The van der Waals surface area contributed by atoms with Gasteiger partial charge in [-0.3, -0.25) is 0 Å². The van der Waals surface area contributed by atoms with Crippen molar-refractivity contribution in [2.24, 2.45) is 0 Å². The van der Waals surface area contributed by atoms with Gasteiger partial charge in [0.25, 0.3) is 0 Å². The van der Waals surface area contributed by atoms with E-state index in [0.29, 0.717) is 0 Å². The molecule has 0 bridgehead atoms. The van der Waals surface area contributed by atoms with Crippen LogP contribution in [0.2, 0.25) is 0 Å². The Labute approximate surface area is 128 Å². The zero-order chi connectivity index (χ0) is 15.4. The Hall–Kier alpha value is -2.24. The lowest BCUT2D eigenvalue weighted by molar-refractivity contribution is 0.0215. The minimum absolute atomic E-state index is 0.529. The van der Waals surface area contributed by atoms with E-state index in [1.54, 1.807) is 4.68 Å². The summed E-state index contributed by atoms with van der Waals surface area (Å²) >= 11 is 0. The summed E-state index contributed by atoms with van der Waals surface area (Å²) < 4.78 is 7.68. The molecule has 0 amide bonds. The van der Waals surface area contributed by atoms with Gasteiger partial charge >= 0.3 is 0 Å². The van der Waals surface area contributed by atoms with Gasteiger partial charge in [-0.15, -0.1) is 5.10 Å². The summed E-state index contributed by atoms with van der Waals surface area (Å²) in [5, 5.41) is 19.4. The van der Waals surface area contributed by atoms with Gasteiger partial charge in [0.1, 0.15) is 17.2 Å². The first-order valence-electron chi connectivity index (χ1n) is 7.30. The lowest BCUT2D eigenvalue weighted by atomic mass is 9.93. The molecule has 0 aliphatic carbocycles. The molecule has 0 saturated carbocycles. The minimum Gasteiger partial charge on any atom is -0.383 e. The molecule has 22 heavy (non-hydrogen) atoms. The predicted octanol–water partition coefficient (Wildman–Crippen LogP) is 2.63. The number of para-hydroxylation sites is 1. The Morgan fingerprint density at radius 2 is 1.68 bits per heavy atom. The molecule has 4 rings (SSSR count). The third-order valence-corrected chi connectivity index (χ3v) is 4.38. The van der Waals surface area contributed by atoms with Crippen LogP contribution < -0.4 is 0 Å². The summed E-state index contributed by atoms with van der Waals surface area (Å²) in [6.45, 7) is 3.91. The van der Waals surface area contributed by atoms with Crippen molar-refractivity contribution in [3.05, 3.63) is 60.2 Å². The number of hydrogen-bond donors (Lipinski definition) is 1. The monoisotopic (exact) mass is 295 g/mol. The summed E-state index contributed by atoms with van der Waals surface area (Å²) in [6, 6.07) is 17.2. The molecule has 2 aromatic carbocycles. The van der Waals surface area contributed by atoms with Gasteiger partial charge in [-0.05, 0) is 31.5 Å². The molecule has 1 N–H and O–H groups in total. The Morgan fingerprint density at radius 3 is 2.36 bits per heavy atom. The molecule has 2 atom stereocenters. The third-order valence-electron chi connectivity index (χ3n) is 4.38. The average molecular weight is 295 g/mol. The van der Waals surface area contributed by atoms with Gasteiger partial charge in [-0.25, -0.2) is 4.68 Å². The highest BCUT2D eigenvalue weighted by atomic mass is 16.7. The maximum atomic E-state index is 11.0. The molecule has 1 saturated heterocycles. The van der Waals surface area contributed by atoms with Crippen molar-refractivity contribution in [1.82, 2.24) is 15.0 Å².